The van der Waals surface area contributed by atoms with Crippen molar-refractivity contribution < 1.29 is 14.0 Å². The number of carbonyl (C=O) groups is 2. The van der Waals surface area contributed by atoms with E-state index in [9.17, 15) is 14.0 Å². The van der Waals surface area contributed by atoms with Crippen LogP contribution in [0.3, 0.4) is 0 Å². The van der Waals surface area contributed by atoms with Crippen LogP contribution >= 0.6 is 23.2 Å². The molecule has 0 saturated heterocycles. The molecule has 2 amide bonds. The minimum absolute atomic E-state index is 0.0736. The molecule has 7 heteroatoms. The van der Waals surface area contributed by atoms with Crippen molar-refractivity contribution >= 4 is 40.7 Å². The zero-order chi connectivity index (χ0) is 18.7. The van der Waals surface area contributed by atoms with Crippen LogP contribution in [-0.4, -0.2) is 18.4 Å². The molecule has 0 radical (unpaired) electrons. The normalized spacial score (nSPS) is 14.6. The van der Waals surface area contributed by atoms with Gasteiger partial charge in [0.15, 0.2) is 0 Å². The van der Waals surface area contributed by atoms with Crippen molar-refractivity contribution in [3.05, 3.63) is 63.9 Å². The molecule has 136 valence electrons. The Morgan fingerprint density at radius 3 is 2.46 bits per heavy atom. The summed E-state index contributed by atoms with van der Waals surface area (Å²) in [6, 6.07) is 11.0. The number of para-hydroxylation sites is 1. The second-order valence-electron chi connectivity index (χ2n) is 6.26. The number of hydrogen-bond donors (Lipinski definition) is 2. The minimum Gasteiger partial charge on any atom is -0.355 e. The Hall–Kier alpha value is -2.11. The fraction of sp³-hybridized carbons (Fsp3) is 0.263. The average Bonchev–Trinajstić information content (AvgIpc) is 3.41. The highest BCUT2D eigenvalue weighted by molar-refractivity contribution is 6.35. The van der Waals surface area contributed by atoms with Crippen LogP contribution in [0.15, 0.2) is 42.5 Å². The van der Waals surface area contributed by atoms with Gasteiger partial charge in [0.2, 0.25) is 11.8 Å². The highest BCUT2D eigenvalue weighted by Gasteiger charge is 2.56. The zero-order valence-corrected chi connectivity index (χ0v) is 15.3. The van der Waals surface area contributed by atoms with Crippen molar-refractivity contribution in [2.24, 2.45) is 5.41 Å². The Morgan fingerprint density at radius 2 is 1.81 bits per heavy atom. The molecule has 3 rings (SSSR count). The molecule has 4 nitrogen and oxygen atoms in total. The van der Waals surface area contributed by atoms with Crippen LogP contribution in [0, 0.1) is 11.2 Å². The third-order valence-corrected chi connectivity index (χ3v) is 5.02. The highest BCUT2D eigenvalue weighted by Crippen LogP contribution is 2.47. The lowest BCUT2D eigenvalue weighted by molar-refractivity contribution is -0.134. The lowest BCUT2D eigenvalue weighted by Gasteiger charge is -2.16. The molecule has 2 aromatic carbocycles. The lowest BCUT2D eigenvalue weighted by Crippen LogP contribution is -2.40. The maximum Gasteiger partial charge on any atom is 0.240 e. The molecular weight excluding hydrogens is 378 g/mol. The number of nitrogens with one attached hydrogen (secondary N) is 2. The highest BCUT2D eigenvalue weighted by atomic mass is 35.5. The van der Waals surface area contributed by atoms with Gasteiger partial charge in [-0.2, -0.15) is 0 Å². The summed E-state index contributed by atoms with van der Waals surface area (Å²) in [5.74, 6) is -1.37. The molecule has 1 saturated carbocycles. The van der Waals surface area contributed by atoms with Gasteiger partial charge in [0.05, 0.1) is 5.69 Å². The summed E-state index contributed by atoms with van der Waals surface area (Å²) in [5, 5.41) is 6.36. The van der Waals surface area contributed by atoms with Crippen molar-refractivity contribution in [3.8, 4) is 0 Å². The number of hydrogen-bond acceptors (Lipinski definition) is 2. The summed E-state index contributed by atoms with van der Waals surface area (Å²) in [6.07, 6.45) is 1.41. The Bertz CT molecular complexity index is 853. The molecular formula is C19H17Cl2FN2O2. The van der Waals surface area contributed by atoms with Crippen LogP contribution in [0.2, 0.25) is 10.0 Å². The van der Waals surface area contributed by atoms with E-state index in [1.807, 2.05) is 0 Å². The molecule has 0 aliphatic heterocycles. The summed E-state index contributed by atoms with van der Waals surface area (Å²) in [6.45, 7) is 0.342. The number of anilines is 1. The first-order chi connectivity index (χ1) is 12.4. The van der Waals surface area contributed by atoms with E-state index in [1.165, 1.54) is 18.2 Å². The van der Waals surface area contributed by atoms with E-state index in [-0.39, 0.29) is 11.6 Å². The third kappa shape index (κ3) is 4.00. The van der Waals surface area contributed by atoms with Crippen LogP contribution in [0.1, 0.15) is 18.4 Å². The van der Waals surface area contributed by atoms with E-state index in [2.05, 4.69) is 10.6 Å². The Balaban J connectivity index is 1.57. The molecule has 1 aliphatic carbocycles. The standard InChI is InChI=1S/C19H17Cl2FN2O2/c20-13-6-5-12(14(21)11-13)7-10-23-17(25)19(8-9-19)18(26)24-16-4-2-1-3-15(16)22/h1-6,11H,7-10H2,(H,23,25)(H,24,26). The van der Waals surface area contributed by atoms with Crippen molar-refractivity contribution in [2.45, 2.75) is 19.3 Å². The Morgan fingerprint density at radius 1 is 1.08 bits per heavy atom. The quantitative estimate of drug-likeness (QED) is 0.720. The van der Waals surface area contributed by atoms with Crippen LogP contribution in [0.5, 0.6) is 0 Å². The Kier molecular flexibility index (Phi) is 5.49. The van der Waals surface area contributed by atoms with Crippen molar-refractivity contribution in [1.29, 1.82) is 0 Å². The van der Waals surface area contributed by atoms with E-state index in [4.69, 9.17) is 23.2 Å². The number of benzene rings is 2. The molecule has 0 unspecified atom stereocenters. The van der Waals surface area contributed by atoms with E-state index < -0.39 is 17.1 Å². The van der Waals surface area contributed by atoms with Crippen LogP contribution in [0.4, 0.5) is 10.1 Å². The zero-order valence-electron chi connectivity index (χ0n) is 13.8. The molecule has 26 heavy (non-hydrogen) atoms. The van der Waals surface area contributed by atoms with Gasteiger partial charge < -0.3 is 10.6 Å². The van der Waals surface area contributed by atoms with Gasteiger partial charge in [0, 0.05) is 16.6 Å². The summed E-state index contributed by atoms with van der Waals surface area (Å²) < 4.78 is 13.7. The molecule has 0 atom stereocenters. The van der Waals surface area contributed by atoms with Gasteiger partial charge in [-0.25, -0.2) is 4.39 Å². The summed E-state index contributed by atoms with van der Waals surface area (Å²) >= 11 is 12.0. The third-order valence-electron chi connectivity index (χ3n) is 4.44. The van der Waals surface area contributed by atoms with E-state index >= 15 is 0 Å². The fourth-order valence-electron chi connectivity index (χ4n) is 2.69. The number of amides is 2. The fourth-order valence-corrected chi connectivity index (χ4v) is 3.19. The topological polar surface area (TPSA) is 58.2 Å². The molecule has 0 bridgehead atoms. The van der Waals surface area contributed by atoms with Gasteiger partial charge in [-0.15, -0.1) is 0 Å². The number of rotatable bonds is 6. The van der Waals surface area contributed by atoms with Gasteiger partial charge in [-0.3, -0.25) is 9.59 Å². The molecule has 0 heterocycles. The first-order valence-corrected chi connectivity index (χ1v) is 8.96. The van der Waals surface area contributed by atoms with Crippen molar-refractivity contribution in [1.82, 2.24) is 5.32 Å². The van der Waals surface area contributed by atoms with E-state index in [0.29, 0.717) is 35.9 Å². The molecule has 2 aromatic rings. The van der Waals surface area contributed by atoms with Gasteiger partial charge in [-0.05, 0) is 49.1 Å². The number of halogens is 3. The summed E-state index contributed by atoms with van der Waals surface area (Å²) in [4.78, 5) is 24.9. The Labute approximate surface area is 160 Å². The predicted octanol–water partition coefficient (Wildman–Crippen LogP) is 4.21. The molecule has 1 aliphatic rings. The first-order valence-electron chi connectivity index (χ1n) is 8.20. The summed E-state index contributed by atoms with van der Waals surface area (Å²) in [5.41, 5.74) is -0.187. The van der Waals surface area contributed by atoms with Gasteiger partial charge in [-0.1, -0.05) is 41.4 Å². The van der Waals surface area contributed by atoms with E-state index in [1.54, 1.807) is 24.3 Å². The average molecular weight is 395 g/mol. The number of carbonyl (C=O) groups excluding carboxylic acids is 2. The SMILES string of the molecule is O=C(NCCc1ccc(Cl)cc1Cl)C1(C(=O)Nc2ccccc2F)CC1. The van der Waals surface area contributed by atoms with E-state index in [0.717, 1.165) is 5.56 Å². The molecule has 0 aromatic heterocycles. The van der Waals surface area contributed by atoms with Crippen LogP contribution in [-0.2, 0) is 16.0 Å². The van der Waals surface area contributed by atoms with Crippen LogP contribution < -0.4 is 10.6 Å². The van der Waals surface area contributed by atoms with Gasteiger partial charge >= 0.3 is 0 Å². The van der Waals surface area contributed by atoms with Crippen LogP contribution in [0.25, 0.3) is 0 Å². The monoisotopic (exact) mass is 394 g/mol. The summed E-state index contributed by atoms with van der Waals surface area (Å²) in [7, 11) is 0. The predicted molar refractivity (Wildman–Crippen MR) is 99.9 cm³/mol. The van der Waals surface area contributed by atoms with Gasteiger partial charge in [0.25, 0.3) is 0 Å². The molecule has 2 N–H and O–H groups in total. The minimum atomic E-state index is -1.12. The molecule has 0 spiro atoms. The maximum absolute atomic E-state index is 13.7. The lowest BCUT2D eigenvalue weighted by atomic mass is 10.0. The largest absolute Gasteiger partial charge is 0.355 e. The second-order valence-corrected chi connectivity index (χ2v) is 7.10. The van der Waals surface area contributed by atoms with Crippen molar-refractivity contribution in [3.63, 3.8) is 0 Å². The first kappa shape index (κ1) is 18.7. The van der Waals surface area contributed by atoms with Crippen molar-refractivity contribution in [2.75, 3.05) is 11.9 Å². The second kappa shape index (κ2) is 7.64. The smallest absolute Gasteiger partial charge is 0.240 e. The van der Waals surface area contributed by atoms with Gasteiger partial charge in [0.1, 0.15) is 11.2 Å². The molecule has 1 fully saturated rings. The maximum atomic E-state index is 13.7.